The van der Waals surface area contributed by atoms with Gasteiger partial charge in [-0.05, 0) is 135 Å². The molecule has 3 aliphatic heterocycles. The zero-order valence-electron chi connectivity index (χ0n) is 34.8. The highest BCUT2D eigenvalue weighted by Crippen LogP contribution is 2.27. The predicted molar refractivity (Wildman–Crippen MR) is 211 cm³/mol. The number of benzene rings is 3. The molecule has 3 aromatic carbocycles. The number of nitrogens with one attached hydrogen (secondary N) is 3. The number of carboxylic acids is 3. The summed E-state index contributed by atoms with van der Waals surface area (Å²) in [7, 11) is 0. The predicted octanol–water partition coefficient (Wildman–Crippen LogP) is 3.90. The summed E-state index contributed by atoms with van der Waals surface area (Å²) in [6.07, 6.45) is 2.94. The van der Waals surface area contributed by atoms with Crippen molar-refractivity contribution in [3.05, 3.63) is 101 Å². The van der Waals surface area contributed by atoms with Crippen LogP contribution in [0.5, 0.6) is 5.75 Å². The molecular formula is C44H56N4O8. The lowest BCUT2D eigenvalue weighted by Crippen LogP contribution is -2.35. The van der Waals surface area contributed by atoms with Crippen LogP contribution in [0, 0.1) is 35.5 Å². The van der Waals surface area contributed by atoms with Crippen molar-refractivity contribution >= 4 is 23.8 Å². The van der Waals surface area contributed by atoms with Crippen molar-refractivity contribution in [2.75, 3.05) is 52.4 Å². The van der Waals surface area contributed by atoms with E-state index in [9.17, 15) is 34.5 Å². The molecule has 1 amide bonds. The highest BCUT2D eigenvalue weighted by Gasteiger charge is 2.33. The van der Waals surface area contributed by atoms with Crippen molar-refractivity contribution in [2.24, 2.45) is 35.5 Å². The van der Waals surface area contributed by atoms with E-state index in [4.69, 9.17) is 8.85 Å². The average molecular weight is 772 g/mol. The Kier molecular flexibility index (Phi) is 13.1. The standard InChI is InChI=1S/C44H56N4O8/c49-41(24-31-6-1-4-29(18-31)21-38(42(50)51)34-10-13-45-25-34)48(28-33-8-2-5-30(19-33)22-39(43(52)53)35-11-14-46-26-35)16-17-56-37-9-3-7-32(20-37)23-40(44(54)55)36-12-15-47-27-36/h1-9,18-20,34-36,38-40,45-47H,10-17,21-28H2,(H,50,51)(H,52,53)(H,54,55)/t34-,35+,36+,38-,39+,40+/m1/s1/i1D,2D,3D. The van der Waals surface area contributed by atoms with Crippen LogP contribution < -0.4 is 20.7 Å². The van der Waals surface area contributed by atoms with Gasteiger partial charge in [-0.15, -0.1) is 0 Å². The third-order valence-electron chi connectivity index (χ3n) is 11.7. The zero-order valence-corrected chi connectivity index (χ0v) is 31.8. The molecule has 56 heavy (non-hydrogen) atoms. The van der Waals surface area contributed by atoms with Crippen LogP contribution in [0.2, 0.25) is 0 Å². The Morgan fingerprint density at radius 1 is 0.643 bits per heavy atom. The highest BCUT2D eigenvalue weighted by atomic mass is 16.5. The summed E-state index contributed by atoms with van der Waals surface area (Å²) >= 11 is 0. The topological polar surface area (TPSA) is 178 Å². The maximum Gasteiger partial charge on any atom is 0.307 e. The van der Waals surface area contributed by atoms with Gasteiger partial charge < -0.3 is 40.9 Å². The Hall–Kier alpha value is -4.78. The highest BCUT2D eigenvalue weighted by molar-refractivity contribution is 5.79. The number of ether oxygens (including phenoxy) is 1. The first-order valence-corrected chi connectivity index (χ1v) is 19.8. The summed E-state index contributed by atoms with van der Waals surface area (Å²) in [5, 5.41) is 39.8. The lowest BCUT2D eigenvalue weighted by Gasteiger charge is -2.24. The van der Waals surface area contributed by atoms with Gasteiger partial charge in [-0.3, -0.25) is 19.2 Å². The van der Waals surface area contributed by atoms with Crippen LogP contribution in [0.1, 0.15) is 51.2 Å². The number of nitrogens with zero attached hydrogens (tertiary/aromatic N) is 1. The van der Waals surface area contributed by atoms with Gasteiger partial charge in [0, 0.05) is 6.54 Å². The van der Waals surface area contributed by atoms with Crippen LogP contribution >= 0.6 is 0 Å². The molecule has 6 atom stereocenters. The molecule has 3 fully saturated rings. The lowest BCUT2D eigenvalue weighted by molar-refractivity contribution is -0.144. The maximum atomic E-state index is 14.2. The monoisotopic (exact) mass is 771 g/mol. The molecule has 300 valence electrons. The molecule has 0 aliphatic carbocycles. The molecule has 6 rings (SSSR count). The maximum absolute atomic E-state index is 14.2. The second-order valence-corrected chi connectivity index (χ2v) is 15.6. The van der Waals surface area contributed by atoms with Crippen molar-refractivity contribution in [3.8, 4) is 5.75 Å². The fourth-order valence-electron chi connectivity index (χ4n) is 8.54. The number of carbonyl (C=O) groups excluding carboxylic acids is 1. The van der Waals surface area contributed by atoms with Crippen molar-refractivity contribution in [1.82, 2.24) is 20.9 Å². The molecule has 0 bridgehead atoms. The Morgan fingerprint density at radius 2 is 1.07 bits per heavy atom. The molecule has 0 saturated carbocycles. The normalized spacial score (nSPS) is 21.7. The molecule has 12 nitrogen and oxygen atoms in total. The molecule has 3 aliphatic rings. The van der Waals surface area contributed by atoms with Crippen molar-refractivity contribution in [1.29, 1.82) is 0 Å². The van der Waals surface area contributed by atoms with Crippen molar-refractivity contribution in [2.45, 2.75) is 51.5 Å². The van der Waals surface area contributed by atoms with Gasteiger partial charge in [-0.25, -0.2) is 0 Å². The number of amides is 1. The van der Waals surface area contributed by atoms with Gasteiger partial charge in [0.05, 0.1) is 34.8 Å². The first-order valence-electron chi connectivity index (χ1n) is 21.3. The Morgan fingerprint density at radius 3 is 1.54 bits per heavy atom. The summed E-state index contributed by atoms with van der Waals surface area (Å²) in [6, 6.07) is 15.7. The van der Waals surface area contributed by atoms with Gasteiger partial charge in [0.1, 0.15) is 12.4 Å². The van der Waals surface area contributed by atoms with Crippen molar-refractivity contribution < 1.29 is 43.3 Å². The second-order valence-electron chi connectivity index (χ2n) is 15.6. The molecule has 0 spiro atoms. The third-order valence-corrected chi connectivity index (χ3v) is 11.7. The molecule has 0 aromatic heterocycles. The number of carbonyl (C=O) groups is 4. The van der Waals surface area contributed by atoms with E-state index in [0.29, 0.717) is 53.2 Å². The van der Waals surface area contributed by atoms with E-state index in [0.717, 1.165) is 38.9 Å². The molecule has 6 N–H and O–H groups in total. The fraction of sp³-hybridized carbons (Fsp3) is 0.500. The van der Waals surface area contributed by atoms with E-state index < -0.39 is 35.7 Å². The van der Waals surface area contributed by atoms with E-state index in [1.165, 1.54) is 0 Å². The van der Waals surface area contributed by atoms with Gasteiger partial charge in [-0.2, -0.15) is 0 Å². The lowest BCUT2D eigenvalue weighted by atomic mass is 9.86. The summed E-state index contributed by atoms with van der Waals surface area (Å²) < 4.78 is 31.6. The number of hydrogen-bond donors (Lipinski definition) is 6. The minimum atomic E-state index is -0.889. The molecule has 3 heterocycles. The van der Waals surface area contributed by atoms with Gasteiger partial charge in [-0.1, -0.05) is 60.6 Å². The van der Waals surface area contributed by atoms with Crippen LogP contribution in [0.4, 0.5) is 0 Å². The molecule has 12 heteroatoms. The minimum Gasteiger partial charge on any atom is -0.492 e. The largest absolute Gasteiger partial charge is 0.492 e. The molecule has 3 saturated heterocycles. The molecule has 3 aromatic rings. The van der Waals surface area contributed by atoms with Crippen molar-refractivity contribution in [3.63, 3.8) is 0 Å². The van der Waals surface area contributed by atoms with Gasteiger partial charge >= 0.3 is 17.9 Å². The molecule has 0 unspecified atom stereocenters. The third kappa shape index (κ3) is 11.4. The van der Waals surface area contributed by atoms with E-state index in [2.05, 4.69) is 16.0 Å². The van der Waals surface area contributed by atoms with Crippen LogP contribution in [0.15, 0.2) is 72.7 Å². The van der Waals surface area contributed by atoms with Crippen LogP contribution in [-0.4, -0.2) is 96.5 Å². The number of rotatable bonds is 20. The fourth-order valence-corrected chi connectivity index (χ4v) is 8.54. The van der Waals surface area contributed by atoms with E-state index in [1.54, 1.807) is 53.4 Å². The van der Waals surface area contributed by atoms with E-state index >= 15 is 0 Å². The van der Waals surface area contributed by atoms with Crippen LogP contribution in [0.3, 0.4) is 0 Å². The first-order chi connectivity index (χ1) is 28.3. The molecule has 0 radical (unpaired) electrons. The number of aliphatic carboxylic acids is 3. The second kappa shape index (κ2) is 19.9. The zero-order chi connectivity index (χ0) is 42.1. The summed E-state index contributed by atoms with van der Waals surface area (Å²) in [5.41, 5.74) is 3.26. The van der Waals surface area contributed by atoms with E-state index in [-0.39, 0.29) is 87.2 Å². The SMILES string of the molecule is [2H]c1cc(CC(=O)N(CCOc2cc([2H])cc(C[C@H](C(=O)O)[C@H]3CCNC3)c2)Cc2cc([2H])cc(C[C@H](C(=O)O)[C@H]3CCNC3)c2)cc(C[C@@H](C(=O)O)[C@@H]2CCNC2)c1. The Bertz CT molecular complexity index is 1970. The average Bonchev–Trinajstić information content (AvgIpc) is 3.99. The summed E-state index contributed by atoms with van der Waals surface area (Å²) in [4.78, 5) is 52.6. The first kappa shape index (κ1) is 36.8. The minimum absolute atomic E-state index is 0.0154. The molecular weight excluding hydrogens is 713 g/mol. The Labute approximate surface area is 333 Å². The quantitative estimate of drug-likeness (QED) is 0.0983. The van der Waals surface area contributed by atoms with Crippen LogP contribution in [0.25, 0.3) is 0 Å². The number of carboxylic acid groups (broad SMARTS) is 3. The number of hydrogen-bond acceptors (Lipinski definition) is 8. The van der Waals surface area contributed by atoms with Crippen LogP contribution in [-0.2, 0) is 51.4 Å². The summed E-state index contributed by atoms with van der Waals surface area (Å²) in [5.74, 6) is -4.50. The smallest absolute Gasteiger partial charge is 0.307 e. The van der Waals surface area contributed by atoms with Gasteiger partial charge in [0.2, 0.25) is 5.91 Å². The Balaban J connectivity index is 1.21. The van der Waals surface area contributed by atoms with E-state index in [1.807, 2.05) is 6.07 Å². The van der Waals surface area contributed by atoms with Gasteiger partial charge in [0.15, 0.2) is 0 Å². The summed E-state index contributed by atoms with van der Waals surface area (Å²) in [6.45, 7) is 4.37. The van der Waals surface area contributed by atoms with Gasteiger partial charge in [0.25, 0.3) is 0 Å².